The van der Waals surface area contributed by atoms with Crippen molar-refractivity contribution in [3.63, 3.8) is 0 Å². The van der Waals surface area contributed by atoms with Crippen molar-refractivity contribution in [3.05, 3.63) is 65.1 Å². The van der Waals surface area contributed by atoms with Crippen molar-refractivity contribution < 1.29 is 13.9 Å². The van der Waals surface area contributed by atoms with Gasteiger partial charge in [-0.2, -0.15) is 0 Å². The fraction of sp³-hybridized carbons (Fsp3) is 0.318. The van der Waals surface area contributed by atoms with Crippen molar-refractivity contribution in [2.75, 3.05) is 33.8 Å². The highest BCUT2D eigenvalue weighted by atomic mass is 19.1. The van der Waals surface area contributed by atoms with Crippen LogP contribution >= 0.6 is 0 Å². The monoisotopic (exact) mass is 381 g/mol. The number of H-pyrrole nitrogens is 1. The standard InChI is InChI=1S/C22H24FN3O2/c1-14-21(18-12-16(23)7-8-19(18)24-14)22(27)26-10-9-25(2)20(13-26)15-5-4-6-17(11-15)28-3/h4-8,11-12,20,24H,9-10,13H2,1-3H3. The molecule has 0 bridgehead atoms. The second-order valence-electron chi connectivity index (χ2n) is 7.34. The van der Waals surface area contributed by atoms with Crippen LogP contribution in [-0.2, 0) is 0 Å². The van der Waals surface area contributed by atoms with E-state index in [1.54, 1.807) is 13.2 Å². The summed E-state index contributed by atoms with van der Waals surface area (Å²) in [5.41, 5.74) is 3.22. The number of halogens is 1. The molecular formula is C22H24FN3O2. The number of carbonyl (C=O) groups is 1. The number of rotatable bonds is 3. The first kappa shape index (κ1) is 18.5. The number of likely N-dealkylation sites (N-methyl/N-ethyl adjacent to an activating group) is 1. The van der Waals surface area contributed by atoms with Gasteiger partial charge in [0, 0.05) is 36.2 Å². The van der Waals surface area contributed by atoms with Gasteiger partial charge in [-0.1, -0.05) is 12.1 Å². The molecule has 1 aliphatic rings. The summed E-state index contributed by atoms with van der Waals surface area (Å²) in [4.78, 5) is 20.7. The predicted octanol–water partition coefficient (Wildman–Crippen LogP) is 3.75. The third kappa shape index (κ3) is 3.24. The molecule has 1 fully saturated rings. The molecule has 0 spiro atoms. The Morgan fingerprint density at radius 1 is 1.21 bits per heavy atom. The maximum atomic E-state index is 13.8. The molecule has 1 aliphatic heterocycles. The normalized spacial score (nSPS) is 17.9. The Labute approximate surface area is 163 Å². The van der Waals surface area contributed by atoms with Gasteiger partial charge in [0.25, 0.3) is 5.91 Å². The molecule has 1 aromatic heterocycles. The molecule has 1 amide bonds. The summed E-state index contributed by atoms with van der Waals surface area (Å²) >= 11 is 0. The van der Waals surface area contributed by atoms with Crippen molar-refractivity contribution in [1.29, 1.82) is 0 Å². The van der Waals surface area contributed by atoms with Gasteiger partial charge in [-0.05, 0) is 49.9 Å². The van der Waals surface area contributed by atoms with Gasteiger partial charge in [0.2, 0.25) is 0 Å². The highest BCUT2D eigenvalue weighted by Crippen LogP contribution is 2.30. The maximum Gasteiger partial charge on any atom is 0.256 e. The third-order valence-electron chi connectivity index (χ3n) is 5.58. The molecule has 0 radical (unpaired) electrons. The van der Waals surface area contributed by atoms with E-state index in [2.05, 4.69) is 23.0 Å². The maximum absolute atomic E-state index is 13.8. The fourth-order valence-corrected chi connectivity index (χ4v) is 4.00. The number of piperazine rings is 1. The van der Waals surface area contributed by atoms with Gasteiger partial charge in [0.15, 0.2) is 0 Å². The minimum Gasteiger partial charge on any atom is -0.497 e. The van der Waals surface area contributed by atoms with Crippen LogP contribution in [0.4, 0.5) is 4.39 Å². The number of aryl methyl sites for hydroxylation is 1. The van der Waals surface area contributed by atoms with Crippen LogP contribution in [0.5, 0.6) is 5.75 Å². The van der Waals surface area contributed by atoms with Crippen LogP contribution in [-0.4, -0.2) is 54.5 Å². The van der Waals surface area contributed by atoms with E-state index in [0.717, 1.165) is 29.1 Å². The molecule has 1 unspecified atom stereocenters. The highest BCUT2D eigenvalue weighted by molar-refractivity contribution is 6.08. The first-order chi connectivity index (χ1) is 13.5. The zero-order valence-corrected chi connectivity index (χ0v) is 16.3. The summed E-state index contributed by atoms with van der Waals surface area (Å²) in [6.07, 6.45) is 0. The summed E-state index contributed by atoms with van der Waals surface area (Å²) in [6.45, 7) is 3.84. The van der Waals surface area contributed by atoms with Gasteiger partial charge in [0.05, 0.1) is 18.7 Å². The lowest BCUT2D eigenvalue weighted by atomic mass is 10.0. The number of nitrogens with zero attached hydrogens (tertiary/aromatic N) is 2. The van der Waals surface area contributed by atoms with Crippen molar-refractivity contribution in [2.45, 2.75) is 13.0 Å². The molecule has 1 N–H and O–H groups in total. The van der Waals surface area contributed by atoms with E-state index in [4.69, 9.17) is 4.74 Å². The molecule has 5 nitrogen and oxygen atoms in total. The SMILES string of the molecule is COc1cccc(C2CN(C(=O)c3c(C)[nH]c4ccc(F)cc34)CCN2C)c1. The summed E-state index contributed by atoms with van der Waals surface area (Å²) in [6, 6.07) is 12.6. The van der Waals surface area contributed by atoms with E-state index >= 15 is 0 Å². The average molecular weight is 381 g/mol. The van der Waals surface area contributed by atoms with E-state index in [1.165, 1.54) is 12.1 Å². The van der Waals surface area contributed by atoms with Crippen molar-refractivity contribution in [1.82, 2.24) is 14.8 Å². The quantitative estimate of drug-likeness (QED) is 0.752. The van der Waals surface area contributed by atoms with Crippen LogP contribution in [0.1, 0.15) is 27.7 Å². The lowest BCUT2D eigenvalue weighted by Gasteiger charge is -2.39. The third-order valence-corrected chi connectivity index (χ3v) is 5.58. The van der Waals surface area contributed by atoms with Gasteiger partial charge in [-0.3, -0.25) is 9.69 Å². The predicted molar refractivity (Wildman–Crippen MR) is 107 cm³/mol. The van der Waals surface area contributed by atoms with E-state index in [1.807, 2.05) is 30.0 Å². The number of carbonyl (C=O) groups excluding carboxylic acids is 1. The molecule has 1 saturated heterocycles. The second kappa shape index (κ2) is 7.28. The molecule has 6 heteroatoms. The van der Waals surface area contributed by atoms with E-state index in [-0.39, 0.29) is 17.8 Å². The number of fused-ring (bicyclic) bond motifs is 1. The summed E-state index contributed by atoms with van der Waals surface area (Å²) < 4.78 is 19.1. The van der Waals surface area contributed by atoms with Crippen LogP contribution in [0.15, 0.2) is 42.5 Å². The van der Waals surface area contributed by atoms with Crippen LogP contribution in [0.25, 0.3) is 10.9 Å². The number of aromatic nitrogens is 1. The number of aromatic amines is 1. The first-order valence-corrected chi connectivity index (χ1v) is 9.39. The summed E-state index contributed by atoms with van der Waals surface area (Å²) in [5.74, 6) is 0.404. The molecule has 4 rings (SSSR count). The number of ether oxygens (including phenoxy) is 1. The molecule has 3 aromatic rings. The number of benzene rings is 2. The van der Waals surface area contributed by atoms with Crippen molar-refractivity contribution in [3.8, 4) is 5.75 Å². The molecule has 28 heavy (non-hydrogen) atoms. The summed E-state index contributed by atoms with van der Waals surface area (Å²) in [7, 11) is 3.72. The fourth-order valence-electron chi connectivity index (χ4n) is 4.00. The Morgan fingerprint density at radius 2 is 2.04 bits per heavy atom. The smallest absolute Gasteiger partial charge is 0.256 e. The zero-order valence-electron chi connectivity index (χ0n) is 16.3. The minimum atomic E-state index is -0.340. The largest absolute Gasteiger partial charge is 0.497 e. The van der Waals surface area contributed by atoms with Crippen LogP contribution in [0, 0.1) is 12.7 Å². The molecule has 2 aromatic carbocycles. The second-order valence-corrected chi connectivity index (χ2v) is 7.34. The molecule has 2 heterocycles. The van der Waals surface area contributed by atoms with Crippen LogP contribution < -0.4 is 4.74 Å². The topological polar surface area (TPSA) is 48.6 Å². The molecule has 0 aliphatic carbocycles. The van der Waals surface area contributed by atoms with Crippen molar-refractivity contribution >= 4 is 16.8 Å². The average Bonchev–Trinajstić information content (AvgIpc) is 3.02. The Hall–Kier alpha value is -2.86. The zero-order chi connectivity index (χ0) is 19.8. The van der Waals surface area contributed by atoms with Gasteiger partial charge in [-0.15, -0.1) is 0 Å². The van der Waals surface area contributed by atoms with Crippen molar-refractivity contribution in [2.24, 2.45) is 0 Å². The lowest BCUT2D eigenvalue weighted by molar-refractivity contribution is 0.0547. The van der Waals surface area contributed by atoms with Gasteiger partial charge < -0.3 is 14.6 Å². The molecule has 0 saturated carbocycles. The number of hydrogen-bond donors (Lipinski definition) is 1. The molecular weight excluding hydrogens is 357 g/mol. The Kier molecular flexibility index (Phi) is 4.81. The Balaban J connectivity index is 1.65. The van der Waals surface area contributed by atoms with E-state index in [9.17, 15) is 9.18 Å². The highest BCUT2D eigenvalue weighted by Gasteiger charge is 2.31. The number of methoxy groups -OCH3 is 1. The number of hydrogen-bond acceptors (Lipinski definition) is 3. The lowest BCUT2D eigenvalue weighted by Crippen LogP contribution is -2.49. The Bertz CT molecular complexity index is 1030. The van der Waals surface area contributed by atoms with Gasteiger partial charge in [-0.25, -0.2) is 4.39 Å². The number of nitrogens with one attached hydrogen (secondary N) is 1. The Morgan fingerprint density at radius 3 is 2.82 bits per heavy atom. The van der Waals surface area contributed by atoms with Gasteiger partial charge >= 0.3 is 0 Å². The minimum absolute atomic E-state index is 0.0599. The summed E-state index contributed by atoms with van der Waals surface area (Å²) in [5, 5.41) is 0.638. The van der Waals surface area contributed by atoms with Crippen LogP contribution in [0.3, 0.4) is 0 Å². The van der Waals surface area contributed by atoms with Crippen LogP contribution in [0.2, 0.25) is 0 Å². The number of amides is 1. The molecule has 1 atom stereocenters. The van der Waals surface area contributed by atoms with Gasteiger partial charge in [0.1, 0.15) is 11.6 Å². The van der Waals surface area contributed by atoms with E-state index in [0.29, 0.717) is 24.0 Å². The van der Waals surface area contributed by atoms with E-state index < -0.39 is 0 Å². The molecule has 146 valence electrons. The first-order valence-electron chi connectivity index (χ1n) is 9.39.